The Morgan fingerprint density at radius 1 is 1.55 bits per heavy atom. The first kappa shape index (κ1) is 15.7. The molecule has 1 rings (SSSR count). The summed E-state index contributed by atoms with van der Waals surface area (Å²) in [7, 11) is 1.53. The number of hydrogen-bond acceptors (Lipinski definition) is 5. The fraction of sp³-hybridized carbons (Fsp3) is 0.286. The molecule has 0 aromatic heterocycles. The number of aliphatic hydroxyl groups excluding tert-OH is 1. The Morgan fingerprint density at radius 3 is 2.90 bits per heavy atom. The van der Waals surface area contributed by atoms with E-state index in [1.807, 2.05) is 0 Å². The van der Waals surface area contributed by atoms with Crippen molar-refractivity contribution in [2.75, 3.05) is 13.7 Å². The van der Waals surface area contributed by atoms with Crippen molar-refractivity contribution in [2.45, 2.75) is 13.0 Å². The summed E-state index contributed by atoms with van der Waals surface area (Å²) in [6.07, 6.45) is 1.98. The molecule has 0 aliphatic heterocycles. The minimum absolute atomic E-state index is 0.383. The van der Waals surface area contributed by atoms with Gasteiger partial charge in [-0.2, -0.15) is 5.10 Å². The Kier molecular flexibility index (Phi) is 6.25. The van der Waals surface area contributed by atoms with E-state index in [0.29, 0.717) is 18.1 Å². The highest BCUT2D eigenvalue weighted by Gasteiger charge is 2.06. The second-order valence-electron chi connectivity index (χ2n) is 3.92. The van der Waals surface area contributed by atoms with Gasteiger partial charge < -0.3 is 14.6 Å². The van der Waals surface area contributed by atoms with E-state index in [1.165, 1.54) is 20.2 Å². The zero-order valence-corrected chi connectivity index (χ0v) is 11.5. The number of ether oxygens (including phenoxy) is 2. The summed E-state index contributed by atoms with van der Waals surface area (Å²) >= 11 is 0. The topological polar surface area (TPSA) is 80.2 Å². The Hall–Kier alpha value is -2.34. The zero-order chi connectivity index (χ0) is 15.0. The van der Waals surface area contributed by atoms with E-state index in [1.54, 1.807) is 24.3 Å². The van der Waals surface area contributed by atoms with Gasteiger partial charge in [-0.15, -0.1) is 0 Å². The number of hydrazone groups is 1. The third kappa shape index (κ3) is 4.74. The minimum Gasteiger partial charge on any atom is -0.493 e. The van der Waals surface area contributed by atoms with Crippen LogP contribution < -0.4 is 14.9 Å². The zero-order valence-electron chi connectivity index (χ0n) is 11.5. The lowest BCUT2D eigenvalue weighted by molar-refractivity contribution is -0.128. The smallest absolute Gasteiger partial charge is 0.268 e. The molecule has 6 heteroatoms. The van der Waals surface area contributed by atoms with Crippen LogP contribution in [-0.2, 0) is 4.79 Å². The third-order valence-electron chi connectivity index (χ3n) is 2.31. The molecule has 20 heavy (non-hydrogen) atoms. The van der Waals surface area contributed by atoms with E-state index >= 15 is 0 Å². The van der Waals surface area contributed by atoms with Crippen LogP contribution in [0, 0.1) is 0 Å². The Labute approximate surface area is 117 Å². The molecule has 0 bridgehead atoms. The predicted molar refractivity (Wildman–Crippen MR) is 76.1 cm³/mol. The lowest BCUT2D eigenvalue weighted by Crippen LogP contribution is -2.28. The number of amides is 1. The number of hydrogen-bond donors (Lipinski definition) is 2. The molecule has 1 aromatic rings. The number of rotatable bonds is 7. The van der Waals surface area contributed by atoms with Crippen molar-refractivity contribution in [3.63, 3.8) is 0 Å². The molecular weight excluding hydrogens is 260 g/mol. The lowest BCUT2D eigenvalue weighted by atomic mass is 10.2. The van der Waals surface area contributed by atoms with E-state index < -0.39 is 12.0 Å². The van der Waals surface area contributed by atoms with Gasteiger partial charge in [0, 0.05) is 0 Å². The Morgan fingerprint density at radius 2 is 2.30 bits per heavy atom. The van der Waals surface area contributed by atoms with Crippen LogP contribution in [0.25, 0.3) is 0 Å². The van der Waals surface area contributed by atoms with Crippen LogP contribution in [0.4, 0.5) is 0 Å². The van der Waals surface area contributed by atoms with Gasteiger partial charge in [-0.1, -0.05) is 12.7 Å². The maximum absolute atomic E-state index is 11.1. The molecule has 0 heterocycles. The van der Waals surface area contributed by atoms with E-state index in [9.17, 15) is 4.79 Å². The molecule has 6 nitrogen and oxygen atoms in total. The van der Waals surface area contributed by atoms with Crippen LogP contribution in [0.15, 0.2) is 36.0 Å². The first-order valence-electron chi connectivity index (χ1n) is 6.01. The summed E-state index contributed by atoms with van der Waals surface area (Å²) in [5.74, 6) is 0.578. The average Bonchev–Trinajstić information content (AvgIpc) is 2.45. The summed E-state index contributed by atoms with van der Waals surface area (Å²) in [5.41, 5.74) is 2.93. The van der Waals surface area contributed by atoms with Gasteiger partial charge >= 0.3 is 0 Å². The third-order valence-corrected chi connectivity index (χ3v) is 2.31. The maximum Gasteiger partial charge on any atom is 0.268 e. The lowest BCUT2D eigenvalue weighted by Gasteiger charge is -2.09. The SMILES string of the molecule is C=CCOc1ccc(/C=N/NC(=O)C(C)O)cc1OC. The molecule has 1 amide bonds. The van der Waals surface area contributed by atoms with Crippen LogP contribution >= 0.6 is 0 Å². The molecular formula is C14H18N2O4. The van der Waals surface area contributed by atoms with Crippen LogP contribution in [0.2, 0.25) is 0 Å². The molecule has 108 valence electrons. The fourth-order valence-corrected chi connectivity index (χ4v) is 1.30. The summed E-state index contributed by atoms with van der Waals surface area (Å²) in [6.45, 7) is 5.32. The fourth-order valence-electron chi connectivity index (χ4n) is 1.30. The molecule has 0 spiro atoms. The molecule has 2 N–H and O–H groups in total. The second kappa shape index (κ2) is 7.96. The normalized spacial score (nSPS) is 11.9. The number of nitrogens with one attached hydrogen (secondary N) is 1. The second-order valence-corrected chi connectivity index (χ2v) is 3.92. The molecule has 0 aliphatic rings. The van der Waals surface area contributed by atoms with Gasteiger partial charge in [-0.25, -0.2) is 5.43 Å². The first-order valence-corrected chi connectivity index (χ1v) is 6.01. The molecule has 1 unspecified atom stereocenters. The van der Waals surface area contributed by atoms with Crippen molar-refractivity contribution in [2.24, 2.45) is 5.10 Å². The van der Waals surface area contributed by atoms with E-state index in [0.717, 1.165) is 5.56 Å². The van der Waals surface area contributed by atoms with Crippen molar-refractivity contribution >= 4 is 12.1 Å². The van der Waals surface area contributed by atoms with Crippen molar-refractivity contribution in [1.82, 2.24) is 5.43 Å². The van der Waals surface area contributed by atoms with Crippen LogP contribution in [-0.4, -0.2) is 37.0 Å². The van der Waals surface area contributed by atoms with E-state index in [-0.39, 0.29) is 0 Å². The predicted octanol–water partition coefficient (Wildman–Crippen LogP) is 1.09. The van der Waals surface area contributed by atoms with Crippen LogP contribution in [0.1, 0.15) is 12.5 Å². The highest BCUT2D eigenvalue weighted by atomic mass is 16.5. The highest BCUT2D eigenvalue weighted by Crippen LogP contribution is 2.27. The van der Waals surface area contributed by atoms with Crippen molar-refractivity contribution in [1.29, 1.82) is 0 Å². The number of carbonyl (C=O) groups excluding carboxylic acids is 1. The number of methoxy groups -OCH3 is 1. The quantitative estimate of drug-likeness (QED) is 0.444. The van der Waals surface area contributed by atoms with Crippen LogP contribution in [0.5, 0.6) is 11.5 Å². The summed E-state index contributed by atoms with van der Waals surface area (Å²) < 4.78 is 10.6. The van der Waals surface area contributed by atoms with Gasteiger partial charge in [0.1, 0.15) is 12.7 Å². The Balaban J connectivity index is 2.74. The number of aliphatic hydroxyl groups is 1. The number of carbonyl (C=O) groups is 1. The highest BCUT2D eigenvalue weighted by molar-refractivity contribution is 5.84. The van der Waals surface area contributed by atoms with Crippen molar-refractivity contribution < 1.29 is 19.4 Å². The van der Waals surface area contributed by atoms with E-state index in [4.69, 9.17) is 14.6 Å². The Bertz CT molecular complexity index is 498. The molecule has 0 saturated carbocycles. The minimum atomic E-state index is -1.10. The molecule has 0 fully saturated rings. The van der Waals surface area contributed by atoms with Gasteiger partial charge in [0.05, 0.1) is 13.3 Å². The standard InChI is InChI=1S/C14H18N2O4/c1-4-7-20-12-6-5-11(8-13(12)19-3)9-15-16-14(18)10(2)17/h4-6,8-10,17H,1,7H2,2-3H3,(H,16,18)/b15-9+. The van der Waals surface area contributed by atoms with Gasteiger partial charge in [-0.3, -0.25) is 4.79 Å². The first-order chi connectivity index (χ1) is 9.58. The van der Waals surface area contributed by atoms with Gasteiger partial charge in [0.15, 0.2) is 11.5 Å². The molecule has 0 aliphatic carbocycles. The maximum atomic E-state index is 11.1. The summed E-state index contributed by atoms with van der Waals surface area (Å²) in [4.78, 5) is 11.1. The summed E-state index contributed by atoms with van der Waals surface area (Å²) in [6, 6.07) is 5.22. The van der Waals surface area contributed by atoms with Crippen molar-refractivity contribution in [3.05, 3.63) is 36.4 Å². The number of benzene rings is 1. The monoisotopic (exact) mass is 278 g/mol. The molecule has 1 atom stereocenters. The van der Waals surface area contributed by atoms with Gasteiger partial charge in [0.2, 0.25) is 0 Å². The molecule has 0 saturated heterocycles. The van der Waals surface area contributed by atoms with E-state index in [2.05, 4.69) is 17.1 Å². The van der Waals surface area contributed by atoms with Crippen LogP contribution in [0.3, 0.4) is 0 Å². The van der Waals surface area contributed by atoms with Gasteiger partial charge in [0.25, 0.3) is 5.91 Å². The molecule has 0 radical (unpaired) electrons. The van der Waals surface area contributed by atoms with Gasteiger partial charge in [-0.05, 0) is 30.7 Å². The van der Waals surface area contributed by atoms with Crippen molar-refractivity contribution in [3.8, 4) is 11.5 Å². The summed E-state index contributed by atoms with van der Waals surface area (Å²) in [5, 5.41) is 12.7. The number of nitrogens with zero attached hydrogens (tertiary/aromatic N) is 1. The largest absolute Gasteiger partial charge is 0.493 e. The average molecular weight is 278 g/mol. The molecule has 1 aromatic carbocycles.